The van der Waals surface area contributed by atoms with E-state index < -0.39 is 6.10 Å². The molecule has 1 aromatic rings. The van der Waals surface area contributed by atoms with Crippen molar-refractivity contribution in [2.75, 3.05) is 13.1 Å². The molecule has 1 fully saturated rings. The fourth-order valence-electron chi connectivity index (χ4n) is 2.88. The Kier molecular flexibility index (Phi) is 4.08. The molecule has 0 aliphatic carbocycles. The van der Waals surface area contributed by atoms with Gasteiger partial charge in [-0.2, -0.15) is 0 Å². The largest absolute Gasteiger partial charge is 0.507 e. The zero-order valence-electron chi connectivity index (χ0n) is 12.0. The number of carbonyl (C=O) groups is 1. The molecule has 1 aromatic carbocycles. The van der Waals surface area contributed by atoms with Crippen LogP contribution in [0.5, 0.6) is 5.75 Å². The smallest absolute Gasteiger partial charge is 0.266 e. The first-order valence-electron chi connectivity index (χ1n) is 7.55. The topological polar surface area (TPSA) is 62.1 Å². The monoisotopic (exact) mass is 288 g/mol. The first-order chi connectivity index (χ1) is 10.3. The van der Waals surface area contributed by atoms with E-state index in [9.17, 15) is 9.90 Å². The normalized spacial score (nSPS) is 22.4. The van der Waals surface area contributed by atoms with Crippen LogP contribution >= 0.6 is 0 Å². The number of phenols is 1. The number of hydrogen-bond acceptors (Lipinski definition) is 4. The number of phenolic OH excluding ortho intramolecular Hbond substituents is 1. The molecule has 2 aliphatic heterocycles. The van der Waals surface area contributed by atoms with Gasteiger partial charge in [0, 0.05) is 25.1 Å². The quantitative estimate of drug-likeness (QED) is 0.908. The number of para-hydroxylation sites is 1. The maximum atomic E-state index is 12.5. The summed E-state index contributed by atoms with van der Waals surface area (Å²) in [4.78, 5) is 19.7. The van der Waals surface area contributed by atoms with Crippen LogP contribution in [0.15, 0.2) is 29.4 Å². The Bertz CT molecular complexity index is 548. The lowest BCUT2D eigenvalue weighted by atomic mass is 10.0. The van der Waals surface area contributed by atoms with Gasteiger partial charge in [-0.25, -0.2) is 0 Å². The van der Waals surface area contributed by atoms with Gasteiger partial charge in [-0.3, -0.25) is 4.79 Å². The predicted octanol–water partition coefficient (Wildman–Crippen LogP) is 2.29. The highest BCUT2D eigenvalue weighted by Gasteiger charge is 2.33. The molecule has 112 valence electrons. The molecule has 21 heavy (non-hydrogen) atoms. The van der Waals surface area contributed by atoms with Crippen LogP contribution < -0.4 is 0 Å². The van der Waals surface area contributed by atoms with E-state index in [4.69, 9.17) is 4.84 Å². The lowest BCUT2D eigenvalue weighted by Gasteiger charge is -2.22. The molecule has 2 heterocycles. The molecule has 0 saturated carbocycles. The van der Waals surface area contributed by atoms with Gasteiger partial charge in [-0.05, 0) is 25.0 Å². The molecule has 1 atom stereocenters. The number of nitrogens with zero attached hydrogens (tertiary/aromatic N) is 2. The van der Waals surface area contributed by atoms with E-state index in [0.29, 0.717) is 17.7 Å². The van der Waals surface area contributed by atoms with Crippen molar-refractivity contribution in [2.24, 2.45) is 5.16 Å². The van der Waals surface area contributed by atoms with Crippen molar-refractivity contribution in [3.8, 4) is 5.75 Å². The second-order valence-corrected chi connectivity index (χ2v) is 5.59. The molecule has 1 saturated heterocycles. The molecular weight excluding hydrogens is 268 g/mol. The summed E-state index contributed by atoms with van der Waals surface area (Å²) in [6.07, 6.45) is 4.38. The summed E-state index contributed by atoms with van der Waals surface area (Å²) < 4.78 is 0. The average molecular weight is 288 g/mol. The van der Waals surface area contributed by atoms with Crippen LogP contribution in [0.2, 0.25) is 0 Å². The first-order valence-corrected chi connectivity index (χ1v) is 7.55. The molecule has 2 aliphatic rings. The highest BCUT2D eigenvalue weighted by molar-refractivity contribution is 6.05. The SMILES string of the molecule is O=C(C1CC(c2ccccc2O)=NO1)N1CCCCCC1. The van der Waals surface area contributed by atoms with Crippen LogP contribution in [0, 0.1) is 0 Å². The van der Waals surface area contributed by atoms with Crippen molar-refractivity contribution in [1.82, 2.24) is 4.90 Å². The Labute approximate surface area is 124 Å². The summed E-state index contributed by atoms with van der Waals surface area (Å²) in [5, 5.41) is 13.8. The third-order valence-electron chi connectivity index (χ3n) is 4.08. The molecular formula is C16H20N2O3. The highest BCUT2D eigenvalue weighted by atomic mass is 16.6. The van der Waals surface area contributed by atoms with Crippen molar-refractivity contribution in [3.05, 3.63) is 29.8 Å². The summed E-state index contributed by atoms with van der Waals surface area (Å²) in [6, 6.07) is 6.99. The fourth-order valence-corrected chi connectivity index (χ4v) is 2.88. The molecule has 0 bridgehead atoms. The van der Waals surface area contributed by atoms with Gasteiger partial charge < -0.3 is 14.8 Å². The lowest BCUT2D eigenvalue weighted by molar-refractivity contribution is -0.142. The molecule has 0 aromatic heterocycles. The molecule has 1 unspecified atom stereocenters. The summed E-state index contributed by atoms with van der Waals surface area (Å²) >= 11 is 0. The third-order valence-corrected chi connectivity index (χ3v) is 4.08. The van der Waals surface area contributed by atoms with Crippen molar-refractivity contribution in [3.63, 3.8) is 0 Å². The van der Waals surface area contributed by atoms with E-state index >= 15 is 0 Å². The minimum atomic E-state index is -0.544. The van der Waals surface area contributed by atoms with Gasteiger partial charge in [0.1, 0.15) is 5.75 Å². The summed E-state index contributed by atoms with van der Waals surface area (Å²) in [7, 11) is 0. The van der Waals surface area contributed by atoms with Crippen molar-refractivity contribution < 1.29 is 14.7 Å². The van der Waals surface area contributed by atoms with Crippen LogP contribution in [0.1, 0.15) is 37.7 Å². The second-order valence-electron chi connectivity index (χ2n) is 5.59. The van der Waals surface area contributed by atoms with Gasteiger partial charge in [-0.1, -0.05) is 30.1 Å². The van der Waals surface area contributed by atoms with E-state index in [1.54, 1.807) is 18.2 Å². The van der Waals surface area contributed by atoms with Gasteiger partial charge in [-0.15, -0.1) is 0 Å². The molecule has 5 nitrogen and oxygen atoms in total. The minimum absolute atomic E-state index is 0.0195. The van der Waals surface area contributed by atoms with Crippen molar-refractivity contribution >= 4 is 11.6 Å². The van der Waals surface area contributed by atoms with Crippen LogP contribution in [0.3, 0.4) is 0 Å². The Morgan fingerprint density at radius 3 is 2.62 bits per heavy atom. The Balaban J connectivity index is 1.65. The van der Waals surface area contributed by atoms with Gasteiger partial charge >= 0.3 is 0 Å². The number of amides is 1. The molecule has 0 spiro atoms. The number of hydrogen-bond donors (Lipinski definition) is 1. The van der Waals surface area contributed by atoms with Gasteiger partial charge in [0.15, 0.2) is 0 Å². The van der Waals surface area contributed by atoms with Gasteiger partial charge in [0.05, 0.1) is 5.71 Å². The Hall–Kier alpha value is -2.04. The number of likely N-dealkylation sites (tertiary alicyclic amines) is 1. The number of oxime groups is 1. The molecule has 1 amide bonds. The number of rotatable bonds is 2. The van der Waals surface area contributed by atoms with Crippen molar-refractivity contribution in [2.45, 2.75) is 38.2 Å². The van der Waals surface area contributed by atoms with E-state index in [2.05, 4.69) is 5.16 Å². The van der Waals surface area contributed by atoms with E-state index in [0.717, 1.165) is 25.9 Å². The highest BCUT2D eigenvalue weighted by Crippen LogP contribution is 2.25. The second kappa shape index (κ2) is 6.16. The Morgan fingerprint density at radius 2 is 1.90 bits per heavy atom. The number of aromatic hydroxyl groups is 1. The summed E-state index contributed by atoms with van der Waals surface area (Å²) in [5.41, 5.74) is 1.28. The van der Waals surface area contributed by atoms with Gasteiger partial charge in [0.2, 0.25) is 6.10 Å². The van der Waals surface area contributed by atoms with E-state index in [-0.39, 0.29) is 11.7 Å². The molecule has 3 rings (SSSR count). The Morgan fingerprint density at radius 1 is 1.19 bits per heavy atom. The molecule has 1 N–H and O–H groups in total. The predicted molar refractivity (Wildman–Crippen MR) is 79.2 cm³/mol. The van der Waals surface area contributed by atoms with Crippen LogP contribution in [-0.4, -0.2) is 40.8 Å². The van der Waals surface area contributed by atoms with Crippen molar-refractivity contribution in [1.29, 1.82) is 0 Å². The van der Waals surface area contributed by atoms with E-state index in [1.807, 2.05) is 11.0 Å². The van der Waals surface area contributed by atoms with Gasteiger partial charge in [0.25, 0.3) is 5.91 Å². The standard InChI is InChI=1S/C16H20N2O3/c19-14-8-4-3-7-12(14)13-11-15(21-17-13)16(20)18-9-5-1-2-6-10-18/h3-4,7-8,15,19H,1-2,5-6,9-11H2. The fraction of sp³-hybridized carbons (Fsp3) is 0.500. The first kappa shape index (κ1) is 13.9. The van der Waals surface area contributed by atoms with Crippen LogP contribution in [0.4, 0.5) is 0 Å². The van der Waals surface area contributed by atoms with Crippen LogP contribution in [-0.2, 0) is 9.63 Å². The third kappa shape index (κ3) is 3.01. The van der Waals surface area contributed by atoms with Crippen LogP contribution in [0.25, 0.3) is 0 Å². The maximum absolute atomic E-state index is 12.5. The lowest BCUT2D eigenvalue weighted by Crippen LogP contribution is -2.39. The number of carbonyl (C=O) groups excluding carboxylic acids is 1. The zero-order chi connectivity index (χ0) is 14.7. The molecule has 0 radical (unpaired) electrons. The molecule has 5 heteroatoms. The minimum Gasteiger partial charge on any atom is -0.507 e. The number of benzene rings is 1. The van der Waals surface area contributed by atoms with E-state index in [1.165, 1.54) is 12.8 Å². The summed E-state index contributed by atoms with van der Waals surface area (Å²) in [6.45, 7) is 1.62. The zero-order valence-corrected chi connectivity index (χ0v) is 12.0. The summed E-state index contributed by atoms with van der Waals surface area (Å²) in [5.74, 6) is 0.189. The average Bonchev–Trinajstić information content (AvgIpc) is 2.82. The maximum Gasteiger partial charge on any atom is 0.266 e.